The maximum absolute atomic E-state index is 11.7. The van der Waals surface area contributed by atoms with Crippen LogP contribution in [0.4, 0.5) is 11.6 Å². The number of carbonyl (C=O) groups is 4. The molecule has 0 aliphatic carbocycles. The van der Waals surface area contributed by atoms with Crippen molar-refractivity contribution in [2.45, 2.75) is 41.5 Å². The first-order chi connectivity index (χ1) is 30.2. The number of aromatic nitrogens is 10. The van der Waals surface area contributed by atoms with Crippen LogP contribution in [0, 0.1) is 27.7 Å². The number of allylic oxidation sites excluding steroid dienone is 5. The average Bonchev–Trinajstić information content (AvgIpc) is 4.11. The van der Waals surface area contributed by atoms with E-state index >= 15 is 0 Å². The van der Waals surface area contributed by atoms with Crippen molar-refractivity contribution >= 4 is 58.0 Å². The molecule has 66 heavy (non-hydrogen) atoms. The lowest BCUT2D eigenvalue weighted by Crippen LogP contribution is -3.00. The predicted octanol–water partition coefficient (Wildman–Crippen LogP) is -3.59. The highest BCUT2D eigenvalue weighted by Gasteiger charge is 2.27. The second-order valence-corrected chi connectivity index (χ2v) is 15.1. The lowest BCUT2D eigenvalue weighted by Gasteiger charge is -2.27. The second-order valence-electron chi connectivity index (χ2n) is 15.1. The highest BCUT2D eigenvalue weighted by Crippen LogP contribution is 2.31. The number of aryl methyl sites for hydroxylation is 6. The van der Waals surface area contributed by atoms with Crippen molar-refractivity contribution < 1.29 is 53.1 Å². The number of anilines is 2. The number of hydrogen-bond donors (Lipinski definition) is 4. The molecular weight excluding hydrogens is 887 g/mol. The molecule has 22 heteroatoms. The fourth-order valence-corrected chi connectivity index (χ4v) is 7.14. The van der Waals surface area contributed by atoms with Crippen molar-refractivity contribution in [1.82, 2.24) is 59.1 Å². The van der Waals surface area contributed by atoms with E-state index in [1.165, 1.54) is 0 Å². The Balaban J connectivity index is 0.000000231. The Morgan fingerprint density at radius 3 is 1.27 bits per heavy atom. The van der Waals surface area contributed by atoms with Crippen LogP contribution < -0.4 is 65.0 Å². The third kappa shape index (κ3) is 9.98. The SMILES string of the molecule is C=C1C=C(C)N(C)c2c(C(=O)NC)ncn21.C=C1C=C(C)n2cnc(C(=O)NC)c2N1C.CNC(=O)c1ncn2c(C)cc(C)[n+](C)c12.CNC(=O)c1ncn2c(C)cc(C)[n+](C)c12.[Cl-].[Cl-]. The number of fused-ring (bicyclic) bond motifs is 4. The number of hydrogen-bond acceptors (Lipinski definition) is 10. The smallest absolute Gasteiger partial charge is 0.319 e. The van der Waals surface area contributed by atoms with Crippen molar-refractivity contribution in [1.29, 1.82) is 0 Å². The summed E-state index contributed by atoms with van der Waals surface area (Å²) in [4.78, 5) is 67.0. The number of nitrogens with one attached hydrogen (secondary N) is 4. The van der Waals surface area contributed by atoms with E-state index in [-0.39, 0.29) is 48.4 Å². The Kier molecular flexibility index (Phi) is 17.3. The number of halogens is 2. The summed E-state index contributed by atoms with van der Waals surface area (Å²) in [7, 11) is 14.0. The monoisotopic (exact) mass is 944 g/mol. The van der Waals surface area contributed by atoms with Gasteiger partial charge in [-0.2, -0.15) is 8.80 Å². The zero-order chi connectivity index (χ0) is 47.5. The van der Waals surface area contributed by atoms with Crippen molar-refractivity contribution in [3.05, 3.63) is 120 Å². The maximum atomic E-state index is 11.7. The van der Waals surface area contributed by atoms with Gasteiger partial charge in [-0.05, 0) is 53.7 Å². The molecule has 8 heterocycles. The van der Waals surface area contributed by atoms with Gasteiger partial charge in [-0.1, -0.05) is 13.2 Å². The molecule has 0 saturated heterocycles. The molecule has 0 radical (unpaired) electrons. The average molecular weight is 946 g/mol. The largest absolute Gasteiger partial charge is 1.00 e. The molecule has 2 aliphatic rings. The van der Waals surface area contributed by atoms with Crippen LogP contribution in [0.5, 0.6) is 0 Å². The molecule has 0 bridgehead atoms. The molecule has 0 atom stereocenters. The Hall–Kier alpha value is -7.32. The van der Waals surface area contributed by atoms with Crippen molar-refractivity contribution in [3.63, 3.8) is 0 Å². The molecule has 0 fully saturated rings. The van der Waals surface area contributed by atoms with Gasteiger partial charge in [-0.25, -0.2) is 29.1 Å². The minimum Gasteiger partial charge on any atom is -1.00 e. The fourth-order valence-electron chi connectivity index (χ4n) is 7.14. The summed E-state index contributed by atoms with van der Waals surface area (Å²) in [6.45, 7) is 19.8. The van der Waals surface area contributed by atoms with Crippen LogP contribution in [0.1, 0.15) is 78.6 Å². The van der Waals surface area contributed by atoms with Crippen LogP contribution in [0.2, 0.25) is 0 Å². The van der Waals surface area contributed by atoms with Crippen molar-refractivity contribution in [2.24, 2.45) is 14.1 Å². The highest BCUT2D eigenvalue weighted by atomic mass is 35.5. The topological polar surface area (TPSA) is 201 Å². The predicted molar refractivity (Wildman–Crippen MR) is 245 cm³/mol. The summed E-state index contributed by atoms with van der Waals surface area (Å²) in [6, 6.07) is 4.12. The number of rotatable bonds is 4. The number of amides is 4. The molecule has 0 aromatic carbocycles. The molecule has 6 aromatic rings. The first-order valence-corrected chi connectivity index (χ1v) is 20.2. The maximum Gasteiger partial charge on any atom is 0.319 e. The standard InChI is InChI=1S/4C11H14N4O.2ClH/c4*1-7-5-8(2)15-6-13-9(10(16)12-3)11(15)14(7)4;;/h2*5-6H,1-4H3;5-6H,2H2,1,3-4H3,(H,12,16);5-6H,1H2,2-4H3,(H,12,16);2*1H. The molecule has 4 N–H and O–H groups in total. The minimum atomic E-state index is -0.192. The van der Waals surface area contributed by atoms with E-state index in [2.05, 4.69) is 66.5 Å². The molecule has 0 unspecified atom stereocenters. The third-order valence-corrected chi connectivity index (χ3v) is 11.1. The van der Waals surface area contributed by atoms with Crippen molar-refractivity contribution in [3.8, 4) is 0 Å². The van der Waals surface area contributed by atoms with Gasteiger partial charge < -0.3 is 55.9 Å². The second kappa shape index (κ2) is 21.6. The molecule has 0 spiro atoms. The zero-order valence-electron chi connectivity index (χ0n) is 39.8. The summed E-state index contributed by atoms with van der Waals surface area (Å²) < 4.78 is 11.4. The Morgan fingerprint density at radius 1 is 0.515 bits per heavy atom. The normalized spacial score (nSPS) is 12.3. The third-order valence-electron chi connectivity index (χ3n) is 11.1. The van der Waals surface area contributed by atoms with Crippen LogP contribution >= 0.6 is 0 Å². The highest BCUT2D eigenvalue weighted by molar-refractivity contribution is 6.00. The molecule has 20 nitrogen and oxygen atoms in total. The Bertz CT molecular complexity index is 2830. The summed E-state index contributed by atoms with van der Waals surface area (Å²) in [5.74, 6) is 0.797. The summed E-state index contributed by atoms with van der Waals surface area (Å²) in [5, 5.41) is 10.3. The molecule has 8 rings (SSSR count). The van der Waals surface area contributed by atoms with Gasteiger partial charge in [0.25, 0.3) is 23.6 Å². The van der Waals surface area contributed by atoms with Crippen LogP contribution in [0.3, 0.4) is 0 Å². The van der Waals surface area contributed by atoms with E-state index in [0.29, 0.717) is 22.8 Å². The van der Waals surface area contributed by atoms with E-state index in [0.717, 1.165) is 68.5 Å². The van der Waals surface area contributed by atoms with Gasteiger partial charge in [0, 0.05) is 77.2 Å². The van der Waals surface area contributed by atoms with Gasteiger partial charge in [-0.15, -0.1) is 0 Å². The zero-order valence-corrected chi connectivity index (χ0v) is 41.3. The fraction of sp³-hybridized carbons (Fsp3) is 0.318. The van der Waals surface area contributed by atoms with Crippen LogP contribution in [-0.4, -0.2) is 104 Å². The Morgan fingerprint density at radius 2 is 0.864 bits per heavy atom. The minimum absolute atomic E-state index is 0. The number of carbonyl (C=O) groups excluding carboxylic acids is 4. The first-order valence-electron chi connectivity index (χ1n) is 20.2. The molecule has 352 valence electrons. The molecule has 0 saturated carbocycles. The van der Waals surface area contributed by atoms with Gasteiger partial charge in [0.05, 0.1) is 14.1 Å². The molecule has 4 amide bonds. The van der Waals surface area contributed by atoms with Crippen LogP contribution in [0.15, 0.2) is 74.1 Å². The molecule has 6 aromatic heterocycles. The van der Waals surface area contributed by atoms with Crippen LogP contribution in [0.25, 0.3) is 22.7 Å². The van der Waals surface area contributed by atoms with Gasteiger partial charge in [0.2, 0.25) is 11.4 Å². The van der Waals surface area contributed by atoms with E-state index < -0.39 is 0 Å². The van der Waals surface area contributed by atoms with Gasteiger partial charge in [0.1, 0.15) is 35.4 Å². The van der Waals surface area contributed by atoms with Gasteiger partial charge in [-0.3, -0.25) is 28.3 Å². The number of nitrogens with zero attached hydrogens (tertiary/aromatic N) is 12. The lowest BCUT2D eigenvalue weighted by atomic mass is 10.2. The van der Waals surface area contributed by atoms with Gasteiger partial charge in [0.15, 0.2) is 35.7 Å². The number of imidazole rings is 4. The Labute approximate surface area is 396 Å². The summed E-state index contributed by atoms with van der Waals surface area (Å²) in [5.41, 5.74) is 11.4. The molecular formula is C44H58Cl2N16O4. The molecule has 2 aliphatic heterocycles. The van der Waals surface area contributed by atoms with E-state index in [1.54, 1.807) is 58.1 Å². The number of likely N-dealkylation sites (N-methyl/N-ethyl adjacent to an activating group) is 1. The quantitative estimate of drug-likeness (QED) is 0.128. The first kappa shape index (κ1) is 53.0. The van der Waals surface area contributed by atoms with E-state index in [9.17, 15) is 19.2 Å². The van der Waals surface area contributed by atoms with E-state index in [4.69, 9.17) is 0 Å². The van der Waals surface area contributed by atoms with Crippen molar-refractivity contribution in [2.75, 3.05) is 52.1 Å². The van der Waals surface area contributed by atoms with Crippen LogP contribution in [-0.2, 0) is 14.1 Å². The summed E-state index contributed by atoms with van der Waals surface area (Å²) in [6.07, 6.45) is 10.5. The van der Waals surface area contributed by atoms with Gasteiger partial charge >= 0.3 is 11.3 Å². The van der Waals surface area contributed by atoms with E-state index in [1.807, 2.05) is 114 Å². The lowest BCUT2D eigenvalue weighted by molar-refractivity contribution is -0.655. The summed E-state index contributed by atoms with van der Waals surface area (Å²) >= 11 is 0.